The average molecular weight is 207 g/mol. The normalized spacial score (nSPS) is 17.8. The third-order valence-corrected chi connectivity index (χ3v) is 3.15. The lowest BCUT2D eigenvalue weighted by molar-refractivity contribution is 0.0610. The minimum Gasteiger partial charge on any atom is -0.373 e. The van der Waals surface area contributed by atoms with E-state index in [-0.39, 0.29) is 0 Å². The Labute approximate surface area is 92.2 Å². The number of aromatic nitrogens is 1. The van der Waals surface area contributed by atoms with Crippen LogP contribution < -0.4 is 0 Å². The summed E-state index contributed by atoms with van der Waals surface area (Å²) in [4.78, 5) is 0. The van der Waals surface area contributed by atoms with E-state index in [9.17, 15) is 0 Å². The van der Waals surface area contributed by atoms with Crippen LogP contribution in [0.2, 0.25) is 0 Å². The first kappa shape index (κ1) is 10.7. The van der Waals surface area contributed by atoms with Crippen molar-refractivity contribution in [3.8, 4) is 0 Å². The lowest BCUT2D eigenvalue weighted by Gasteiger charge is -2.17. The van der Waals surface area contributed by atoms with E-state index in [1.54, 1.807) is 0 Å². The molecule has 1 aliphatic carbocycles. The number of hydrogen-bond donors (Lipinski definition) is 0. The second-order valence-corrected chi connectivity index (χ2v) is 4.70. The first-order valence-corrected chi connectivity index (χ1v) is 6.04. The second-order valence-electron chi connectivity index (χ2n) is 4.70. The molecule has 15 heavy (non-hydrogen) atoms. The van der Waals surface area contributed by atoms with Gasteiger partial charge in [0.05, 0.1) is 12.7 Å². The molecule has 0 bridgehead atoms. The predicted molar refractivity (Wildman–Crippen MR) is 61.9 cm³/mol. The molecular weight excluding hydrogens is 186 g/mol. The van der Waals surface area contributed by atoms with E-state index < -0.39 is 0 Å². The number of rotatable bonds is 4. The van der Waals surface area contributed by atoms with Crippen LogP contribution in [0.3, 0.4) is 0 Å². The van der Waals surface area contributed by atoms with Crippen molar-refractivity contribution < 1.29 is 4.74 Å². The van der Waals surface area contributed by atoms with E-state index in [4.69, 9.17) is 4.74 Å². The Bertz CT molecular complexity index is 297. The Morgan fingerprint density at radius 3 is 2.80 bits per heavy atom. The highest BCUT2D eigenvalue weighted by atomic mass is 16.5. The summed E-state index contributed by atoms with van der Waals surface area (Å²) in [7, 11) is 0. The summed E-state index contributed by atoms with van der Waals surface area (Å²) >= 11 is 0. The van der Waals surface area contributed by atoms with Gasteiger partial charge in [0.1, 0.15) is 0 Å². The van der Waals surface area contributed by atoms with Crippen LogP contribution in [0.1, 0.15) is 51.3 Å². The van der Waals surface area contributed by atoms with Crippen LogP contribution in [0.4, 0.5) is 0 Å². The third-order valence-electron chi connectivity index (χ3n) is 3.15. The molecule has 1 fully saturated rings. The predicted octanol–water partition coefficient (Wildman–Crippen LogP) is 3.53. The van der Waals surface area contributed by atoms with E-state index in [0.717, 1.165) is 12.6 Å². The largest absolute Gasteiger partial charge is 0.373 e. The highest BCUT2D eigenvalue weighted by molar-refractivity contribution is 5.08. The quantitative estimate of drug-likeness (QED) is 0.736. The summed E-state index contributed by atoms with van der Waals surface area (Å²) in [6, 6.07) is 5.05. The first-order chi connectivity index (χ1) is 7.27. The summed E-state index contributed by atoms with van der Waals surface area (Å²) < 4.78 is 8.08. The molecule has 0 atom stereocenters. The van der Waals surface area contributed by atoms with Gasteiger partial charge in [0.15, 0.2) is 0 Å². The molecule has 1 aromatic rings. The van der Waals surface area contributed by atoms with Gasteiger partial charge in [-0.15, -0.1) is 0 Å². The second kappa shape index (κ2) is 4.84. The molecule has 0 radical (unpaired) electrons. The van der Waals surface area contributed by atoms with Gasteiger partial charge in [-0.05, 0) is 38.8 Å². The van der Waals surface area contributed by atoms with Crippen molar-refractivity contribution in [2.75, 3.05) is 0 Å². The molecule has 0 amide bonds. The molecule has 0 spiro atoms. The number of hydrogen-bond acceptors (Lipinski definition) is 1. The highest BCUT2D eigenvalue weighted by Gasteiger charge is 2.18. The molecule has 0 N–H and O–H groups in total. The molecule has 0 aliphatic heterocycles. The number of nitrogens with zero attached hydrogens (tertiary/aromatic N) is 1. The summed E-state index contributed by atoms with van der Waals surface area (Å²) in [6.45, 7) is 4.92. The zero-order chi connectivity index (χ0) is 10.7. The zero-order valence-electron chi connectivity index (χ0n) is 9.78. The molecule has 84 valence electrons. The van der Waals surface area contributed by atoms with Gasteiger partial charge in [0.2, 0.25) is 0 Å². The van der Waals surface area contributed by atoms with E-state index >= 15 is 0 Å². The van der Waals surface area contributed by atoms with Crippen LogP contribution in [0.25, 0.3) is 0 Å². The fraction of sp³-hybridized carbons (Fsp3) is 0.692. The molecule has 2 nitrogen and oxygen atoms in total. The first-order valence-electron chi connectivity index (χ1n) is 6.04. The van der Waals surface area contributed by atoms with E-state index in [2.05, 4.69) is 36.7 Å². The lowest BCUT2D eigenvalue weighted by Crippen LogP contribution is -2.10. The maximum atomic E-state index is 5.67. The summed E-state index contributed by atoms with van der Waals surface area (Å²) in [5, 5.41) is 0. The van der Waals surface area contributed by atoms with Gasteiger partial charge in [-0.3, -0.25) is 0 Å². The van der Waals surface area contributed by atoms with Crippen molar-refractivity contribution in [2.45, 2.75) is 58.3 Å². The van der Waals surface area contributed by atoms with Gasteiger partial charge in [-0.2, -0.15) is 0 Å². The number of ether oxygens (including phenoxy) is 1. The maximum Gasteiger partial charge on any atom is 0.0871 e. The van der Waals surface area contributed by atoms with Crippen molar-refractivity contribution >= 4 is 0 Å². The zero-order valence-corrected chi connectivity index (χ0v) is 9.78. The Balaban J connectivity index is 2.01. The van der Waals surface area contributed by atoms with Crippen LogP contribution in [-0.2, 0) is 11.3 Å². The SMILES string of the molecule is CC(C)OCc1cccn1C1CCCC1. The molecule has 1 saturated carbocycles. The third kappa shape index (κ3) is 2.63. The topological polar surface area (TPSA) is 14.2 Å². The van der Waals surface area contributed by atoms with Crippen molar-refractivity contribution in [3.05, 3.63) is 24.0 Å². The molecule has 0 saturated heterocycles. The molecular formula is C13H21NO. The van der Waals surface area contributed by atoms with E-state index in [0.29, 0.717) is 6.10 Å². The smallest absolute Gasteiger partial charge is 0.0871 e. The van der Waals surface area contributed by atoms with Crippen LogP contribution >= 0.6 is 0 Å². The van der Waals surface area contributed by atoms with E-state index in [1.807, 2.05) is 0 Å². The molecule has 2 heteroatoms. The highest BCUT2D eigenvalue weighted by Crippen LogP contribution is 2.30. The van der Waals surface area contributed by atoms with Crippen molar-refractivity contribution in [3.63, 3.8) is 0 Å². The fourth-order valence-electron chi connectivity index (χ4n) is 2.34. The summed E-state index contributed by atoms with van der Waals surface area (Å²) in [6.07, 6.45) is 7.96. The van der Waals surface area contributed by atoms with Gasteiger partial charge in [-0.25, -0.2) is 0 Å². The van der Waals surface area contributed by atoms with E-state index in [1.165, 1.54) is 31.4 Å². The molecule has 2 rings (SSSR count). The van der Waals surface area contributed by atoms with Crippen molar-refractivity contribution in [1.82, 2.24) is 4.57 Å². The Hall–Kier alpha value is -0.760. The van der Waals surface area contributed by atoms with Gasteiger partial charge < -0.3 is 9.30 Å². The monoisotopic (exact) mass is 207 g/mol. The Morgan fingerprint density at radius 1 is 1.40 bits per heavy atom. The Morgan fingerprint density at radius 2 is 2.13 bits per heavy atom. The van der Waals surface area contributed by atoms with Crippen LogP contribution in [0, 0.1) is 0 Å². The van der Waals surface area contributed by atoms with Gasteiger partial charge >= 0.3 is 0 Å². The standard InChI is InChI=1S/C13H21NO/c1-11(2)15-10-13-8-5-9-14(13)12-6-3-4-7-12/h5,8-9,11-12H,3-4,6-7,10H2,1-2H3. The van der Waals surface area contributed by atoms with Crippen molar-refractivity contribution in [1.29, 1.82) is 0 Å². The molecule has 1 aliphatic rings. The van der Waals surface area contributed by atoms with Crippen LogP contribution in [0.5, 0.6) is 0 Å². The lowest BCUT2D eigenvalue weighted by atomic mass is 10.2. The molecule has 0 unspecified atom stereocenters. The molecule has 1 aromatic heterocycles. The van der Waals surface area contributed by atoms with Crippen LogP contribution in [-0.4, -0.2) is 10.7 Å². The summed E-state index contributed by atoms with van der Waals surface area (Å²) in [5.74, 6) is 0. The molecule has 0 aromatic carbocycles. The Kier molecular flexibility index (Phi) is 3.47. The van der Waals surface area contributed by atoms with Gasteiger partial charge in [0, 0.05) is 17.9 Å². The van der Waals surface area contributed by atoms with Gasteiger partial charge in [0.25, 0.3) is 0 Å². The summed E-state index contributed by atoms with van der Waals surface area (Å²) in [5.41, 5.74) is 1.33. The average Bonchev–Trinajstić information content (AvgIpc) is 2.85. The molecule has 1 heterocycles. The van der Waals surface area contributed by atoms with Crippen LogP contribution in [0.15, 0.2) is 18.3 Å². The maximum absolute atomic E-state index is 5.67. The fourth-order valence-corrected chi connectivity index (χ4v) is 2.34. The van der Waals surface area contributed by atoms with Gasteiger partial charge in [-0.1, -0.05) is 12.8 Å². The minimum atomic E-state index is 0.317. The van der Waals surface area contributed by atoms with Crippen molar-refractivity contribution in [2.24, 2.45) is 0 Å². The minimum absolute atomic E-state index is 0.317.